The topological polar surface area (TPSA) is 71.3 Å². The Morgan fingerprint density at radius 2 is 1.95 bits per heavy atom. The number of nitrogens with one attached hydrogen (secondary N) is 2. The first kappa shape index (κ1) is 15.8. The Kier molecular flexibility index (Phi) is 5.77. The predicted molar refractivity (Wildman–Crippen MR) is 83.4 cm³/mol. The number of amides is 2. The standard InChI is InChI=1S/C17H20N2O3/c1-13(19-17(21)15-9-11-22-12-15)16(20)18-10-5-8-14-6-3-2-4-7-14/h2-4,6-7,9,11-13H,5,8,10H2,1H3,(H,18,20)(H,19,21). The van der Waals surface area contributed by atoms with Gasteiger partial charge < -0.3 is 15.1 Å². The maximum Gasteiger partial charge on any atom is 0.255 e. The molecule has 1 aromatic heterocycles. The van der Waals surface area contributed by atoms with Gasteiger partial charge in [-0.15, -0.1) is 0 Å². The maximum absolute atomic E-state index is 11.9. The van der Waals surface area contributed by atoms with Crippen LogP contribution in [0.3, 0.4) is 0 Å². The Morgan fingerprint density at radius 3 is 2.64 bits per heavy atom. The van der Waals surface area contributed by atoms with Crippen molar-refractivity contribution in [2.24, 2.45) is 0 Å². The SMILES string of the molecule is CC(NC(=O)c1ccoc1)C(=O)NCCCc1ccccc1. The molecule has 5 nitrogen and oxygen atoms in total. The molecule has 0 bridgehead atoms. The first-order valence-corrected chi connectivity index (χ1v) is 7.31. The number of carbonyl (C=O) groups excluding carboxylic acids is 2. The quantitative estimate of drug-likeness (QED) is 0.770. The lowest BCUT2D eigenvalue weighted by atomic mass is 10.1. The van der Waals surface area contributed by atoms with Crippen LogP contribution in [0.25, 0.3) is 0 Å². The minimum atomic E-state index is -0.584. The normalized spacial score (nSPS) is 11.7. The molecule has 22 heavy (non-hydrogen) atoms. The fourth-order valence-electron chi connectivity index (χ4n) is 2.04. The van der Waals surface area contributed by atoms with E-state index in [-0.39, 0.29) is 11.8 Å². The summed E-state index contributed by atoms with van der Waals surface area (Å²) in [5.74, 6) is -0.509. The van der Waals surface area contributed by atoms with Gasteiger partial charge in [-0.25, -0.2) is 0 Å². The molecular weight excluding hydrogens is 280 g/mol. The van der Waals surface area contributed by atoms with Gasteiger partial charge in [-0.2, -0.15) is 0 Å². The van der Waals surface area contributed by atoms with Crippen LogP contribution >= 0.6 is 0 Å². The molecule has 1 aromatic carbocycles. The van der Waals surface area contributed by atoms with Crippen LogP contribution in [0.4, 0.5) is 0 Å². The second-order valence-corrected chi connectivity index (χ2v) is 5.09. The van der Waals surface area contributed by atoms with E-state index in [0.717, 1.165) is 12.8 Å². The zero-order chi connectivity index (χ0) is 15.8. The molecule has 0 radical (unpaired) electrons. The second kappa shape index (κ2) is 8.02. The Labute approximate surface area is 129 Å². The summed E-state index contributed by atoms with van der Waals surface area (Å²) in [6.45, 7) is 2.24. The summed E-state index contributed by atoms with van der Waals surface area (Å²) < 4.78 is 4.84. The molecule has 1 heterocycles. The zero-order valence-corrected chi connectivity index (χ0v) is 12.5. The summed E-state index contributed by atoms with van der Waals surface area (Å²) in [5.41, 5.74) is 1.65. The Hall–Kier alpha value is -2.56. The van der Waals surface area contributed by atoms with Crippen molar-refractivity contribution in [2.45, 2.75) is 25.8 Å². The monoisotopic (exact) mass is 300 g/mol. The van der Waals surface area contributed by atoms with Gasteiger partial charge >= 0.3 is 0 Å². The van der Waals surface area contributed by atoms with Crippen molar-refractivity contribution in [3.63, 3.8) is 0 Å². The van der Waals surface area contributed by atoms with Crippen LogP contribution in [-0.2, 0) is 11.2 Å². The van der Waals surface area contributed by atoms with Crippen LogP contribution < -0.4 is 10.6 Å². The molecule has 2 amide bonds. The van der Waals surface area contributed by atoms with E-state index in [1.54, 1.807) is 13.0 Å². The van der Waals surface area contributed by atoms with Gasteiger partial charge in [0, 0.05) is 6.54 Å². The number of hydrogen-bond acceptors (Lipinski definition) is 3. The van der Waals surface area contributed by atoms with Crippen LogP contribution in [0.5, 0.6) is 0 Å². The van der Waals surface area contributed by atoms with Gasteiger partial charge in [0.1, 0.15) is 12.3 Å². The Bertz CT molecular complexity index is 594. The molecule has 0 saturated heterocycles. The number of rotatable bonds is 7. The summed E-state index contributed by atoms with van der Waals surface area (Å²) >= 11 is 0. The highest BCUT2D eigenvalue weighted by Crippen LogP contribution is 2.02. The molecule has 2 rings (SSSR count). The van der Waals surface area contributed by atoms with E-state index in [0.29, 0.717) is 12.1 Å². The van der Waals surface area contributed by atoms with Crippen molar-refractivity contribution in [1.29, 1.82) is 0 Å². The minimum Gasteiger partial charge on any atom is -0.472 e. The molecule has 0 saturated carbocycles. The number of aryl methyl sites for hydroxylation is 1. The lowest BCUT2D eigenvalue weighted by molar-refractivity contribution is -0.122. The highest BCUT2D eigenvalue weighted by Gasteiger charge is 2.16. The van der Waals surface area contributed by atoms with Gasteiger partial charge in [-0.3, -0.25) is 9.59 Å². The fourth-order valence-corrected chi connectivity index (χ4v) is 2.04. The third kappa shape index (κ3) is 4.77. The van der Waals surface area contributed by atoms with E-state index in [1.165, 1.54) is 18.1 Å². The molecule has 116 valence electrons. The van der Waals surface area contributed by atoms with Crippen LogP contribution in [0.2, 0.25) is 0 Å². The average Bonchev–Trinajstić information content (AvgIpc) is 3.07. The van der Waals surface area contributed by atoms with Gasteiger partial charge in [0.05, 0.1) is 11.8 Å². The average molecular weight is 300 g/mol. The van der Waals surface area contributed by atoms with Crippen LogP contribution in [0.1, 0.15) is 29.3 Å². The molecular formula is C17H20N2O3. The third-order valence-electron chi connectivity index (χ3n) is 3.31. The second-order valence-electron chi connectivity index (χ2n) is 5.09. The zero-order valence-electron chi connectivity index (χ0n) is 12.5. The molecule has 0 fully saturated rings. The summed E-state index contributed by atoms with van der Waals surface area (Å²) in [6, 6.07) is 11.1. The number of carbonyl (C=O) groups is 2. The molecule has 2 aromatic rings. The first-order valence-electron chi connectivity index (χ1n) is 7.31. The largest absolute Gasteiger partial charge is 0.472 e. The maximum atomic E-state index is 11.9. The molecule has 0 spiro atoms. The first-order chi connectivity index (χ1) is 10.7. The van der Waals surface area contributed by atoms with E-state index in [1.807, 2.05) is 18.2 Å². The molecule has 0 aliphatic heterocycles. The fraction of sp³-hybridized carbons (Fsp3) is 0.294. The molecule has 1 atom stereocenters. The molecule has 1 unspecified atom stereocenters. The summed E-state index contributed by atoms with van der Waals surface area (Å²) in [7, 11) is 0. The summed E-state index contributed by atoms with van der Waals surface area (Å²) in [5, 5.41) is 5.46. The lowest BCUT2D eigenvalue weighted by Crippen LogP contribution is -2.45. The van der Waals surface area contributed by atoms with E-state index in [9.17, 15) is 9.59 Å². The van der Waals surface area contributed by atoms with Crippen LogP contribution in [0.15, 0.2) is 53.3 Å². The highest BCUT2D eigenvalue weighted by atomic mass is 16.3. The van der Waals surface area contributed by atoms with Crippen LogP contribution in [0, 0.1) is 0 Å². The van der Waals surface area contributed by atoms with Gasteiger partial charge in [0.2, 0.25) is 5.91 Å². The van der Waals surface area contributed by atoms with Gasteiger partial charge in [-0.1, -0.05) is 30.3 Å². The molecule has 0 aliphatic carbocycles. The van der Waals surface area contributed by atoms with Crippen molar-refractivity contribution in [1.82, 2.24) is 10.6 Å². The van der Waals surface area contributed by atoms with Gasteiger partial charge in [-0.05, 0) is 31.4 Å². The smallest absolute Gasteiger partial charge is 0.255 e. The molecule has 2 N–H and O–H groups in total. The highest BCUT2D eigenvalue weighted by molar-refractivity contribution is 5.97. The predicted octanol–water partition coefficient (Wildman–Crippen LogP) is 2.15. The molecule has 5 heteroatoms. The minimum absolute atomic E-state index is 0.190. The van der Waals surface area contributed by atoms with E-state index in [2.05, 4.69) is 22.8 Å². The number of furan rings is 1. The summed E-state index contributed by atoms with van der Waals surface area (Å²) in [4.78, 5) is 23.7. The van der Waals surface area contributed by atoms with Crippen molar-refractivity contribution in [3.05, 3.63) is 60.1 Å². The van der Waals surface area contributed by atoms with Crippen LogP contribution in [-0.4, -0.2) is 24.4 Å². The van der Waals surface area contributed by atoms with Crippen molar-refractivity contribution in [3.8, 4) is 0 Å². The third-order valence-corrected chi connectivity index (χ3v) is 3.31. The van der Waals surface area contributed by atoms with Gasteiger partial charge in [0.25, 0.3) is 5.91 Å². The number of benzene rings is 1. The van der Waals surface area contributed by atoms with E-state index < -0.39 is 6.04 Å². The lowest BCUT2D eigenvalue weighted by Gasteiger charge is -2.13. The number of hydrogen-bond donors (Lipinski definition) is 2. The van der Waals surface area contributed by atoms with E-state index >= 15 is 0 Å². The van der Waals surface area contributed by atoms with E-state index in [4.69, 9.17) is 4.42 Å². The molecule has 0 aliphatic rings. The Balaban J connectivity index is 1.67. The van der Waals surface area contributed by atoms with Crippen molar-refractivity contribution >= 4 is 11.8 Å². The van der Waals surface area contributed by atoms with Crippen molar-refractivity contribution in [2.75, 3.05) is 6.54 Å². The van der Waals surface area contributed by atoms with Gasteiger partial charge in [0.15, 0.2) is 0 Å². The van der Waals surface area contributed by atoms with Crippen molar-refractivity contribution < 1.29 is 14.0 Å². The summed E-state index contributed by atoms with van der Waals surface area (Å²) in [6.07, 6.45) is 4.54. The Morgan fingerprint density at radius 1 is 1.18 bits per heavy atom.